The van der Waals surface area contributed by atoms with Gasteiger partial charge in [-0.1, -0.05) is 18.9 Å². The van der Waals surface area contributed by atoms with E-state index in [9.17, 15) is 0 Å². The summed E-state index contributed by atoms with van der Waals surface area (Å²) in [4.78, 5) is 3.95. The third kappa shape index (κ3) is 2.04. The van der Waals surface area contributed by atoms with E-state index >= 15 is 0 Å². The lowest BCUT2D eigenvalue weighted by atomic mass is 9.94. The first-order chi connectivity index (χ1) is 7.69. The van der Waals surface area contributed by atoms with Gasteiger partial charge in [0.05, 0.1) is 0 Å². The lowest BCUT2D eigenvalue weighted by Crippen LogP contribution is -2.50. The number of rotatable bonds is 4. The number of nitrogens with two attached hydrogens (primary N) is 1. The second kappa shape index (κ2) is 4.86. The minimum atomic E-state index is 0.253. The highest BCUT2D eigenvalue weighted by Gasteiger charge is 2.38. The van der Waals surface area contributed by atoms with Gasteiger partial charge >= 0.3 is 0 Å². The van der Waals surface area contributed by atoms with Crippen LogP contribution in [0, 0.1) is 0 Å². The summed E-state index contributed by atoms with van der Waals surface area (Å²) in [6.45, 7) is 3.08. The van der Waals surface area contributed by atoms with Gasteiger partial charge in [-0.05, 0) is 38.3 Å². The maximum Gasteiger partial charge on any atom is 0.0416 e. The van der Waals surface area contributed by atoms with E-state index in [-0.39, 0.29) is 5.54 Å². The Kier molecular flexibility index (Phi) is 3.67. The van der Waals surface area contributed by atoms with Crippen molar-refractivity contribution in [2.24, 2.45) is 5.73 Å². The van der Waals surface area contributed by atoms with Crippen molar-refractivity contribution < 1.29 is 0 Å². The van der Waals surface area contributed by atoms with Gasteiger partial charge in [-0.3, -0.25) is 4.90 Å². The number of hydrogen-bond donors (Lipinski definition) is 1. The molecular weight excluding hydrogens is 216 g/mol. The molecule has 1 aliphatic carbocycles. The van der Waals surface area contributed by atoms with Crippen LogP contribution < -0.4 is 5.73 Å². The molecule has 0 radical (unpaired) electrons. The van der Waals surface area contributed by atoms with E-state index in [1.54, 1.807) is 0 Å². The SMILES string of the molecule is CC(c1cccs1)N(C)C1(CN)CCCC1. The first kappa shape index (κ1) is 12.1. The molecule has 2 rings (SSSR count). The predicted molar refractivity (Wildman–Crippen MR) is 70.8 cm³/mol. The lowest BCUT2D eigenvalue weighted by molar-refractivity contribution is 0.0911. The molecule has 1 atom stereocenters. The largest absolute Gasteiger partial charge is 0.329 e. The van der Waals surface area contributed by atoms with E-state index in [0.29, 0.717) is 6.04 Å². The Hall–Kier alpha value is -0.380. The van der Waals surface area contributed by atoms with E-state index in [2.05, 4.69) is 36.4 Å². The zero-order valence-corrected chi connectivity index (χ0v) is 11.1. The average molecular weight is 238 g/mol. The first-order valence-electron chi connectivity index (χ1n) is 6.16. The second-order valence-corrected chi connectivity index (χ2v) is 5.92. The molecule has 1 saturated carbocycles. The highest BCUT2D eigenvalue weighted by atomic mass is 32.1. The Morgan fingerprint density at radius 3 is 2.69 bits per heavy atom. The third-order valence-electron chi connectivity index (χ3n) is 4.20. The molecule has 1 aromatic heterocycles. The van der Waals surface area contributed by atoms with E-state index in [0.717, 1.165) is 6.54 Å². The number of thiophene rings is 1. The maximum absolute atomic E-state index is 6.02. The average Bonchev–Trinajstić information content (AvgIpc) is 2.98. The molecule has 3 heteroatoms. The van der Waals surface area contributed by atoms with Crippen LogP contribution in [0.1, 0.15) is 43.5 Å². The van der Waals surface area contributed by atoms with Crippen molar-refractivity contribution in [3.63, 3.8) is 0 Å². The van der Waals surface area contributed by atoms with E-state index in [4.69, 9.17) is 5.73 Å². The standard InChI is InChI=1S/C13H22N2S/c1-11(12-6-5-9-16-12)15(2)13(10-14)7-3-4-8-13/h5-6,9,11H,3-4,7-8,10,14H2,1-2H3. The van der Waals surface area contributed by atoms with Gasteiger partial charge in [0.15, 0.2) is 0 Å². The number of hydrogen-bond acceptors (Lipinski definition) is 3. The van der Waals surface area contributed by atoms with Crippen LogP contribution in [0.3, 0.4) is 0 Å². The molecule has 90 valence electrons. The van der Waals surface area contributed by atoms with Gasteiger partial charge < -0.3 is 5.73 Å². The Labute approximate surface area is 102 Å². The molecule has 0 saturated heterocycles. The molecule has 1 fully saturated rings. The van der Waals surface area contributed by atoms with Crippen molar-refractivity contribution in [1.82, 2.24) is 4.90 Å². The normalized spacial score (nSPS) is 21.5. The van der Waals surface area contributed by atoms with E-state index < -0.39 is 0 Å². The van der Waals surface area contributed by atoms with E-state index in [1.807, 2.05) is 11.3 Å². The van der Waals surface area contributed by atoms with Crippen LogP contribution in [0.5, 0.6) is 0 Å². The van der Waals surface area contributed by atoms with Crippen LogP contribution in [0.15, 0.2) is 17.5 Å². The minimum absolute atomic E-state index is 0.253. The van der Waals surface area contributed by atoms with Crippen molar-refractivity contribution in [3.8, 4) is 0 Å². The zero-order chi connectivity index (χ0) is 11.6. The highest BCUT2D eigenvalue weighted by Crippen LogP contribution is 2.38. The van der Waals surface area contributed by atoms with Gasteiger partial charge in [-0.15, -0.1) is 11.3 Å². The summed E-state index contributed by atoms with van der Waals surface area (Å²) in [6.07, 6.45) is 5.18. The summed E-state index contributed by atoms with van der Waals surface area (Å²) in [5, 5.41) is 2.16. The summed E-state index contributed by atoms with van der Waals surface area (Å²) < 4.78 is 0. The molecule has 0 aromatic carbocycles. The molecule has 0 aliphatic heterocycles. The van der Waals surface area contributed by atoms with Crippen LogP contribution in [-0.4, -0.2) is 24.0 Å². The summed E-state index contributed by atoms with van der Waals surface area (Å²) in [7, 11) is 2.24. The van der Waals surface area contributed by atoms with Gasteiger partial charge in [0, 0.05) is 23.0 Å². The fourth-order valence-corrected chi connectivity index (χ4v) is 3.69. The highest BCUT2D eigenvalue weighted by molar-refractivity contribution is 7.10. The molecule has 16 heavy (non-hydrogen) atoms. The number of nitrogens with zero attached hydrogens (tertiary/aromatic N) is 1. The monoisotopic (exact) mass is 238 g/mol. The van der Waals surface area contributed by atoms with Gasteiger partial charge in [0.2, 0.25) is 0 Å². The molecule has 0 bridgehead atoms. The summed E-state index contributed by atoms with van der Waals surface area (Å²) >= 11 is 1.84. The lowest BCUT2D eigenvalue weighted by Gasteiger charge is -2.41. The Balaban J connectivity index is 2.14. The van der Waals surface area contributed by atoms with Crippen molar-refractivity contribution in [1.29, 1.82) is 0 Å². The van der Waals surface area contributed by atoms with Crippen molar-refractivity contribution >= 4 is 11.3 Å². The summed E-state index contributed by atoms with van der Waals surface area (Å²) in [6, 6.07) is 4.85. The molecule has 0 spiro atoms. The van der Waals surface area contributed by atoms with Gasteiger partial charge in [-0.25, -0.2) is 0 Å². The number of likely N-dealkylation sites (N-methyl/N-ethyl adjacent to an activating group) is 1. The minimum Gasteiger partial charge on any atom is -0.329 e. The third-order valence-corrected chi connectivity index (χ3v) is 5.24. The predicted octanol–water partition coefficient (Wildman–Crippen LogP) is 3.01. The quantitative estimate of drug-likeness (QED) is 0.873. The second-order valence-electron chi connectivity index (χ2n) is 4.94. The van der Waals surface area contributed by atoms with Crippen LogP contribution in [0.4, 0.5) is 0 Å². The molecule has 2 nitrogen and oxygen atoms in total. The molecule has 1 heterocycles. The van der Waals surface area contributed by atoms with Crippen LogP contribution in [-0.2, 0) is 0 Å². The topological polar surface area (TPSA) is 29.3 Å². The molecular formula is C13H22N2S. The molecule has 1 aliphatic rings. The smallest absolute Gasteiger partial charge is 0.0416 e. The van der Waals surface area contributed by atoms with Crippen LogP contribution >= 0.6 is 11.3 Å². The van der Waals surface area contributed by atoms with Crippen LogP contribution in [0.25, 0.3) is 0 Å². The zero-order valence-electron chi connectivity index (χ0n) is 10.3. The Bertz CT molecular complexity index is 315. The molecule has 2 N–H and O–H groups in total. The Morgan fingerprint density at radius 1 is 1.50 bits per heavy atom. The fourth-order valence-electron chi connectivity index (χ4n) is 2.86. The van der Waals surface area contributed by atoms with Gasteiger partial charge in [0.25, 0.3) is 0 Å². The summed E-state index contributed by atoms with van der Waals surface area (Å²) in [5.41, 5.74) is 6.28. The fraction of sp³-hybridized carbons (Fsp3) is 0.692. The first-order valence-corrected chi connectivity index (χ1v) is 7.04. The van der Waals surface area contributed by atoms with Gasteiger partial charge in [-0.2, -0.15) is 0 Å². The molecule has 1 aromatic rings. The molecule has 0 amide bonds. The molecule has 1 unspecified atom stereocenters. The Morgan fingerprint density at radius 2 is 2.19 bits per heavy atom. The van der Waals surface area contributed by atoms with Crippen LogP contribution in [0.2, 0.25) is 0 Å². The van der Waals surface area contributed by atoms with Crippen molar-refractivity contribution in [3.05, 3.63) is 22.4 Å². The van der Waals surface area contributed by atoms with Crippen molar-refractivity contribution in [2.75, 3.05) is 13.6 Å². The van der Waals surface area contributed by atoms with Gasteiger partial charge in [0.1, 0.15) is 0 Å². The van der Waals surface area contributed by atoms with Crippen molar-refractivity contribution in [2.45, 2.75) is 44.2 Å². The summed E-state index contributed by atoms with van der Waals surface area (Å²) in [5.74, 6) is 0. The maximum atomic E-state index is 6.02. The van der Waals surface area contributed by atoms with E-state index in [1.165, 1.54) is 30.6 Å².